The second kappa shape index (κ2) is 5.79. The molecule has 1 spiro atoms. The highest BCUT2D eigenvalue weighted by molar-refractivity contribution is 7.88. The third kappa shape index (κ3) is 3.45. The Kier molecular flexibility index (Phi) is 4.60. The summed E-state index contributed by atoms with van der Waals surface area (Å²) < 4.78 is 127. The first kappa shape index (κ1) is 19.9. The molecular weight excluding hydrogens is 406 g/mol. The van der Waals surface area contributed by atoms with E-state index in [-0.39, 0.29) is 25.7 Å². The number of hydrogen-bond donors (Lipinski definition) is 0. The first-order valence-corrected chi connectivity index (χ1v) is 9.37. The van der Waals surface area contributed by atoms with Crippen molar-refractivity contribution in [2.45, 2.75) is 36.7 Å². The molecule has 0 bridgehead atoms. The van der Waals surface area contributed by atoms with Crippen LogP contribution in [0.1, 0.15) is 25.7 Å². The van der Waals surface area contributed by atoms with E-state index >= 15 is 0 Å². The van der Waals surface area contributed by atoms with Gasteiger partial charge in [0.15, 0.2) is 0 Å². The summed E-state index contributed by atoms with van der Waals surface area (Å²) in [6, 6.07) is 0. The highest BCUT2D eigenvalue weighted by atomic mass is 32.2. The Balaban J connectivity index is 2.35. The normalized spacial score (nSPS) is 21.2. The summed E-state index contributed by atoms with van der Waals surface area (Å²) in [5.74, 6) is -1.60. The fraction of sp³-hybridized carbons (Fsp3) is 0.636. The zero-order chi connectivity index (χ0) is 19.3. The van der Waals surface area contributed by atoms with Crippen LogP contribution in [0.3, 0.4) is 0 Å². The molecule has 14 heteroatoms. The van der Waals surface area contributed by atoms with Crippen molar-refractivity contribution >= 4 is 20.2 Å². The Hall–Kier alpha value is -1.44. The van der Waals surface area contributed by atoms with Gasteiger partial charge >= 0.3 is 31.3 Å². The number of rotatable bonds is 4. The fourth-order valence-corrected chi connectivity index (χ4v) is 3.70. The van der Waals surface area contributed by atoms with Gasteiger partial charge in [-0.3, -0.25) is 0 Å². The second-order valence-electron chi connectivity index (χ2n) is 5.26. The first-order valence-electron chi connectivity index (χ1n) is 6.55. The van der Waals surface area contributed by atoms with Gasteiger partial charge in [0.2, 0.25) is 0 Å². The van der Waals surface area contributed by atoms with Crippen LogP contribution in [0.2, 0.25) is 0 Å². The van der Waals surface area contributed by atoms with Crippen LogP contribution in [0.25, 0.3) is 0 Å². The zero-order valence-electron chi connectivity index (χ0n) is 12.0. The number of hydrogen-bond acceptors (Lipinski definition) is 6. The lowest BCUT2D eigenvalue weighted by Gasteiger charge is -2.29. The lowest BCUT2D eigenvalue weighted by molar-refractivity contribution is -0.0544. The summed E-state index contributed by atoms with van der Waals surface area (Å²) in [6.07, 6.45) is 1.52. The fourth-order valence-electron chi connectivity index (χ4n) is 2.59. The van der Waals surface area contributed by atoms with Crippen molar-refractivity contribution in [3.05, 3.63) is 23.7 Å². The molecule has 2 aliphatic rings. The largest absolute Gasteiger partial charge is 0.534 e. The van der Waals surface area contributed by atoms with Crippen LogP contribution >= 0.6 is 0 Å². The van der Waals surface area contributed by atoms with Crippen LogP contribution < -0.4 is 0 Å². The van der Waals surface area contributed by atoms with Gasteiger partial charge in [0.05, 0.1) is 5.41 Å². The van der Waals surface area contributed by atoms with E-state index in [9.17, 15) is 43.2 Å². The van der Waals surface area contributed by atoms with Gasteiger partial charge in [0.1, 0.15) is 11.5 Å². The summed E-state index contributed by atoms with van der Waals surface area (Å²) in [5.41, 5.74) is -13.3. The predicted octanol–water partition coefficient (Wildman–Crippen LogP) is 3.06. The summed E-state index contributed by atoms with van der Waals surface area (Å²) >= 11 is 0. The average Bonchev–Trinajstić information content (AvgIpc) is 2.96. The standard InChI is InChI=1S/C11H10F6O6S2/c12-10(13,14)24(18,19)22-7-3-1-5-9(7)6-2-4-8(9)23-25(20,21)11(15,16)17/h3-4H,1-2,5-6H2. The molecule has 0 unspecified atom stereocenters. The van der Waals surface area contributed by atoms with E-state index in [1.165, 1.54) is 0 Å². The van der Waals surface area contributed by atoms with Crippen LogP contribution in [0.15, 0.2) is 23.7 Å². The Bertz CT molecular complexity index is 748. The van der Waals surface area contributed by atoms with E-state index < -0.39 is 48.2 Å². The van der Waals surface area contributed by atoms with Crippen LogP contribution in [0.5, 0.6) is 0 Å². The highest BCUT2D eigenvalue weighted by Crippen LogP contribution is 2.55. The molecule has 6 nitrogen and oxygen atoms in total. The molecule has 0 saturated heterocycles. The van der Waals surface area contributed by atoms with Crippen molar-refractivity contribution in [1.29, 1.82) is 0 Å². The van der Waals surface area contributed by atoms with Crippen molar-refractivity contribution in [2.24, 2.45) is 5.41 Å². The number of allylic oxidation sites excluding steroid dienone is 2. The van der Waals surface area contributed by atoms with Crippen LogP contribution in [-0.2, 0) is 28.6 Å². The van der Waals surface area contributed by atoms with Gasteiger partial charge in [-0.25, -0.2) is 0 Å². The lowest BCUT2D eigenvalue weighted by atomic mass is 9.84. The van der Waals surface area contributed by atoms with Gasteiger partial charge in [-0.05, 0) is 37.8 Å². The first-order chi connectivity index (χ1) is 11.1. The third-order valence-electron chi connectivity index (χ3n) is 3.71. The molecular formula is C11H10F6O6S2. The van der Waals surface area contributed by atoms with Gasteiger partial charge in [0, 0.05) is 0 Å². The minimum atomic E-state index is -6.06. The van der Waals surface area contributed by atoms with Crippen molar-refractivity contribution in [2.75, 3.05) is 0 Å². The van der Waals surface area contributed by atoms with E-state index in [2.05, 4.69) is 8.37 Å². The molecule has 0 atom stereocenters. The summed E-state index contributed by atoms with van der Waals surface area (Å²) in [4.78, 5) is 0. The maximum atomic E-state index is 12.5. The molecule has 2 rings (SSSR count). The quantitative estimate of drug-likeness (QED) is 0.398. The number of alkyl halides is 6. The zero-order valence-corrected chi connectivity index (χ0v) is 13.6. The molecule has 144 valence electrons. The molecule has 0 aliphatic heterocycles. The average molecular weight is 416 g/mol. The summed E-state index contributed by atoms with van der Waals surface area (Å²) in [7, 11) is -12.1. The molecule has 0 fully saturated rings. The summed E-state index contributed by atoms with van der Waals surface area (Å²) in [6.45, 7) is 0. The van der Waals surface area contributed by atoms with Gasteiger partial charge in [0.25, 0.3) is 0 Å². The molecule has 0 heterocycles. The smallest absolute Gasteiger partial charge is 0.380 e. The van der Waals surface area contributed by atoms with Crippen LogP contribution in [0.4, 0.5) is 26.3 Å². The van der Waals surface area contributed by atoms with E-state index in [4.69, 9.17) is 0 Å². The minimum Gasteiger partial charge on any atom is -0.380 e. The van der Waals surface area contributed by atoms with Gasteiger partial charge in [-0.2, -0.15) is 43.2 Å². The van der Waals surface area contributed by atoms with E-state index in [0.717, 1.165) is 12.2 Å². The lowest BCUT2D eigenvalue weighted by Crippen LogP contribution is -2.33. The SMILES string of the molecule is O=S(=O)(OC1=CCCC12CCC=C2OS(=O)(=O)C(F)(F)F)C(F)(F)F. The van der Waals surface area contributed by atoms with Crippen LogP contribution in [-0.4, -0.2) is 27.9 Å². The van der Waals surface area contributed by atoms with Crippen molar-refractivity contribution in [1.82, 2.24) is 0 Å². The van der Waals surface area contributed by atoms with Gasteiger partial charge in [-0.15, -0.1) is 0 Å². The summed E-state index contributed by atoms with van der Waals surface area (Å²) in [5, 5.41) is 0. The van der Waals surface area contributed by atoms with E-state index in [0.29, 0.717) is 0 Å². The molecule has 0 aromatic rings. The van der Waals surface area contributed by atoms with Gasteiger partial charge in [-0.1, -0.05) is 0 Å². The molecule has 0 radical (unpaired) electrons. The Labute approximate surface area is 138 Å². The molecule has 0 aromatic carbocycles. The Morgan fingerprint density at radius 2 is 1.08 bits per heavy atom. The maximum Gasteiger partial charge on any atom is 0.534 e. The molecule has 0 aromatic heterocycles. The van der Waals surface area contributed by atoms with Crippen molar-refractivity contribution < 1.29 is 51.5 Å². The van der Waals surface area contributed by atoms with E-state index in [1.54, 1.807) is 0 Å². The molecule has 0 amide bonds. The molecule has 25 heavy (non-hydrogen) atoms. The Morgan fingerprint density at radius 1 is 0.760 bits per heavy atom. The molecule has 2 aliphatic carbocycles. The van der Waals surface area contributed by atoms with Gasteiger partial charge < -0.3 is 8.37 Å². The molecule has 0 saturated carbocycles. The topological polar surface area (TPSA) is 86.7 Å². The van der Waals surface area contributed by atoms with Crippen LogP contribution in [0, 0.1) is 5.41 Å². The van der Waals surface area contributed by atoms with E-state index in [1.807, 2.05) is 0 Å². The Morgan fingerprint density at radius 3 is 1.36 bits per heavy atom. The number of halogens is 6. The van der Waals surface area contributed by atoms with Crippen molar-refractivity contribution in [3.8, 4) is 0 Å². The second-order valence-corrected chi connectivity index (χ2v) is 8.34. The molecule has 0 N–H and O–H groups in total. The minimum absolute atomic E-state index is 0.0323. The third-order valence-corrected chi connectivity index (χ3v) is 5.64. The predicted molar refractivity (Wildman–Crippen MR) is 69.2 cm³/mol. The highest BCUT2D eigenvalue weighted by Gasteiger charge is 2.56. The van der Waals surface area contributed by atoms with Crippen molar-refractivity contribution in [3.63, 3.8) is 0 Å². The maximum absolute atomic E-state index is 12.5. The monoisotopic (exact) mass is 416 g/mol.